The molecule has 0 saturated carbocycles. The molecule has 0 bridgehead atoms. The molecular weight excluding hydrogens is 380 g/mol. The Kier molecular flexibility index (Phi) is 7.65. The molecule has 0 aliphatic heterocycles. The third-order valence-corrected chi connectivity index (χ3v) is 5.28. The molecule has 2 rings (SSSR count). The van der Waals surface area contributed by atoms with Crippen LogP contribution in [0.25, 0.3) is 0 Å². The molecule has 2 aromatic rings. The predicted molar refractivity (Wildman–Crippen MR) is 97.3 cm³/mol. The van der Waals surface area contributed by atoms with Crippen LogP contribution in [0.15, 0.2) is 52.0 Å². The summed E-state index contributed by atoms with van der Waals surface area (Å²) in [6.45, 7) is 0.979. The summed E-state index contributed by atoms with van der Waals surface area (Å²) in [5.74, 6) is 0.0656. The Morgan fingerprint density at radius 3 is 2.62 bits per heavy atom. The lowest BCUT2D eigenvalue weighted by atomic mass is 10.1. The quantitative estimate of drug-likeness (QED) is 0.597. The molecular formula is C17H21ClN2O5S. The summed E-state index contributed by atoms with van der Waals surface area (Å²) in [7, 11) is -2.26. The Hall–Kier alpha value is -1.87. The van der Waals surface area contributed by atoms with Crippen molar-refractivity contribution in [3.8, 4) is 0 Å². The normalized spacial score (nSPS) is 12.7. The number of rotatable bonds is 10. The number of carbonyl (C=O) groups excluding carboxylic acids is 1. The van der Waals surface area contributed by atoms with Gasteiger partial charge in [0.15, 0.2) is 0 Å². The number of nitrogens with one attached hydrogen (secondary N) is 2. The van der Waals surface area contributed by atoms with Crippen LogP contribution >= 0.6 is 11.6 Å². The molecule has 142 valence electrons. The summed E-state index contributed by atoms with van der Waals surface area (Å²) in [5.41, 5.74) is 0. The number of sulfonamides is 1. The fourth-order valence-electron chi connectivity index (χ4n) is 2.26. The summed E-state index contributed by atoms with van der Waals surface area (Å²) in [5, 5.41) is 3.16. The van der Waals surface area contributed by atoms with Crippen molar-refractivity contribution in [1.82, 2.24) is 10.0 Å². The highest BCUT2D eigenvalue weighted by molar-refractivity contribution is 7.89. The first-order valence-corrected chi connectivity index (χ1v) is 9.85. The molecule has 0 aliphatic carbocycles. The van der Waals surface area contributed by atoms with Crippen molar-refractivity contribution in [1.29, 1.82) is 0 Å². The van der Waals surface area contributed by atoms with Gasteiger partial charge in [0, 0.05) is 25.3 Å². The molecule has 9 heteroatoms. The fraction of sp³-hybridized carbons (Fsp3) is 0.353. The molecule has 0 radical (unpaired) electrons. The van der Waals surface area contributed by atoms with E-state index in [1.54, 1.807) is 19.2 Å². The lowest BCUT2D eigenvalue weighted by molar-refractivity contribution is -0.121. The van der Waals surface area contributed by atoms with Crippen molar-refractivity contribution in [3.63, 3.8) is 0 Å². The minimum absolute atomic E-state index is 0.0546. The average Bonchev–Trinajstić information content (AvgIpc) is 3.13. The molecule has 0 saturated heterocycles. The van der Waals surface area contributed by atoms with Crippen molar-refractivity contribution in [2.24, 2.45) is 0 Å². The van der Waals surface area contributed by atoms with Crippen LogP contribution in [-0.2, 0) is 19.6 Å². The maximum atomic E-state index is 12.6. The third-order valence-electron chi connectivity index (χ3n) is 3.54. The molecule has 26 heavy (non-hydrogen) atoms. The third kappa shape index (κ3) is 6.14. The number of benzene rings is 1. The summed E-state index contributed by atoms with van der Waals surface area (Å²) in [6.07, 6.45) is 2.01. The van der Waals surface area contributed by atoms with Crippen LogP contribution in [0.2, 0.25) is 5.02 Å². The van der Waals surface area contributed by atoms with E-state index in [9.17, 15) is 13.2 Å². The number of methoxy groups -OCH3 is 1. The van der Waals surface area contributed by atoms with Crippen molar-refractivity contribution in [2.75, 3.05) is 20.3 Å². The van der Waals surface area contributed by atoms with E-state index in [-0.39, 0.29) is 17.2 Å². The highest BCUT2D eigenvalue weighted by atomic mass is 35.5. The van der Waals surface area contributed by atoms with E-state index in [2.05, 4.69) is 10.0 Å². The zero-order valence-electron chi connectivity index (χ0n) is 14.3. The summed E-state index contributed by atoms with van der Waals surface area (Å²) < 4.78 is 37.9. The second-order valence-corrected chi connectivity index (χ2v) is 7.69. The summed E-state index contributed by atoms with van der Waals surface area (Å²) in [4.78, 5) is 12.2. The number of amides is 1. The first-order chi connectivity index (χ1) is 12.4. The maximum absolute atomic E-state index is 12.6. The first-order valence-electron chi connectivity index (χ1n) is 7.99. The summed E-state index contributed by atoms with van der Waals surface area (Å²) in [6, 6.07) is 8.20. The molecule has 0 spiro atoms. The second kappa shape index (κ2) is 9.72. The molecule has 1 amide bonds. The smallest absolute Gasteiger partial charge is 0.241 e. The van der Waals surface area contributed by atoms with E-state index in [0.717, 1.165) is 0 Å². The Bertz CT molecular complexity index is 791. The van der Waals surface area contributed by atoms with Gasteiger partial charge >= 0.3 is 0 Å². The molecule has 2 N–H and O–H groups in total. The van der Waals surface area contributed by atoms with Gasteiger partial charge < -0.3 is 14.5 Å². The average molecular weight is 401 g/mol. The van der Waals surface area contributed by atoms with E-state index in [4.69, 9.17) is 20.8 Å². The van der Waals surface area contributed by atoms with Crippen molar-refractivity contribution >= 4 is 27.5 Å². The fourth-order valence-corrected chi connectivity index (χ4v) is 3.59. The van der Waals surface area contributed by atoms with Crippen molar-refractivity contribution in [3.05, 3.63) is 53.4 Å². The summed E-state index contributed by atoms with van der Waals surface area (Å²) >= 11 is 5.80. The second-order valence-electron chi connectivity index (χ2n) is 5.54. The van der Waals surface area contributed by atoms with Gasteiger partial charge in [-0.05, 0) is 42.8 Å². The largest absolute Gasteiger partial charge is 0.468 e. The highest BCUT2D eigenvalue weighted by Crippen LogP contribution is 2.22. The van der Waals surface area contributed by atoms with Crippen LogP contribution in [0.3, 0.4) is 0 Å². The number of carbonyl (C=O) groups is 1. The van der Waals surface area contributed by atoms with E-state index < -0.39 is 16.1 Å². The number of halogens is 1. The number of furan rings is 1. The van der Waals surface area contributed by atoms with Gasteiger partial charge in [0.05, 0.1) is 23.6 Å². The lowest BCUT2D eigenvalue weighted by Crippen LogP contribution is -2.34. The standard InChI is InChI=1S/C17H21ClN2O5S/c1-24-10-3-9-19-17(21)12-15(16-4-2-11-25-16)20-26(22,23)14-7-5-13(18)6-8-14/h2,4-8,11,15,20H,3,9-10,12H2,1H3,(H,19,21)/t15-/m1/s1. The van der Waals surface area contributed by atoms with E-state index in [1.807, 2.05) is 0 Å². The van der Waals surface area contributed by atoms with Crippen LogP contribution in [0.1, 0.15) is 24.6 Å². The SMILES string of the molecule is COCCCNC(=O)C[C@@H](NS(=O)(=O)c1ccc(Cl)cc1)c1ccco1. The van der Waals surface area contributed by atoms with Gasteiger partial charge in [-0.1, -0.05) is 11.6 Å². The predicted octanol–water partition coefficient (Wildman–Crippen LogP) is 2.50. The molecule has 1 atom stereocenters. The lowest BCUT2D eigenvalue weighted by Gasteiger charge is -2.17. The Morgan fingerprint density at radius 2 is 2.00 bits per heavy atom. The zero-order valence-corrected chi connectivity index (χ0v) is 15.8. The van der Waals surface area contributed by atoms with E-state index >= 15 is 0 Å². The number of ether oxygens (including phenoxy) is 1. The van der Waals surface area contributed by atoms with Gasteiger partial charge in [0.2, 0.25) is 15.9 Å². The Morgan fingerprint density at radius 1 is 1.27 bits per heavy atom. The maximum Gasteiger partial charge on any atom is 0.241 e. The highest BCUT2D eigenvalue weighted by Gasteiger charge is 2.25. The Balaban J connectivity index is 2.08. The van der Waals surface area contributed by atoms with Crippen molar-refractivity contribution in [2.45, 2.75) is 23.8 Å². The number of hydrogen-bond acceptors (Lipinski definition) is 5. The molecule has 7 nitrogen and oxygen atoms in total. The Labute approximate surface area is 157 Å². The molecule has 0 fully saturated rings. The van der Waals surface area contributed by atoms with Crippen molar-refractivity contribution < 1.29 is 22.4 Å². The first kappa shape index (κ1) is 20.4. The van der Waals surface area contributed by atoms with Crippen LogP contribution in [0, 0.1) is 0 Å². The molecule has 1 aromatic carbocycles. The van der Waals surface area contributed by atoms with Crippen LogP contribution in [-0.4, -0.2) is 34.6 Å². The van der Waals surface area contributed by atoms with Gasteiger partial charge in [-0.2, -0.15) is 4.72 Å². The van der Waals surface area contributed by atoms with Gasteiger partial charge in [-0.25, -0.2) is 8.42 Å². The topological polar surface area (TPSA) is 97.6 Å². The molecule has 1 aromatic heterocycles. The molecule has 0 unspecified atom stereocenters. The number of hydrogen-bond donors (Lipinski definition) is 2. The van der Waals surface area contributed by atoms with Gasteiger partial charge in [-0.3, -0.25) is 4.79 Å². The zero-order chi connectivity index (χ0) is 19.0. The van der Waals surface area contributed by atoms with Crippen LogP contribution in [0.5, 0.6) is 0 Å². The molecule has 0 aliphatic rings. The van der Waals surface area contributed by atoms with Crippen LogP contribution in [0.4, 0.5) is 0 Å². The van der Waals surface area contributed by atoms with Gasteiger partial charge in [0.25, 0.3) is 0 Å². The van der Waals surface area contributed by atoms with E-state index in [1.165, 1.54) is 30.5 Å². The van der Waals surface area contributed by atoms with E-state index in [0.29, 0.717) is 30.4 Å². The van der Waals surface area contributed by atoms with Crippen LogP contribution < -0.4 is 10.0 Å². The monoisotopic (exact) mass is 400 g/mol. The van der Waals surface area contributed by atoms with Gasteiger partial charge in [-0.15, -0.1) is 0 Å². The minimum atomic E-state index is -3.85. The van der Waals surface area contributed by atoms with Gasteiger partial charge in [0.1, 0.15) is 5.76 Å². The molecule has 1 heterocycles. The minimum Gasteiger partial charge on any atom is -0.468 e.